The highest BCUT2D eigenvalue weighted by Gasteiger charge is 1.98. The molecule has 0 unspecified atom stereocenters. The third-order valence-corrected chi connectivity index (χ3v) is 2.86. The Morgan fingerprint density at radius 2 is 2.08 bits per heavy atom. The Hall–Kier alpha value is 0.450. The molecule has 0 fully saturated rings. The van der Waals surface area contributed by atoms with Crippen LogP contribution in [0.4, 0.5) is 0 Å². The van der Waals surface area contributed by atoms with Gasteiger partial charge in [-0.15, -0.1) is 35.0 Å². The molecule has 1 heterocycles. The molecule has 0 saturated heterocycles. The van der Waals surface area contributed by atoms with E-state index in [-0.39, 0.29) is 24.8 Å². The molecule has 2 N–H and O–H groups in total. The van der Waals surface area contributed by atoms with E-state index in [0.29, 0.717) is 6.54 Å². The lowest BCUT2D eigenvalue weighted by Gasteiger charge is -1.88. The maximum atomic E-state index is 5.32. The van der Waals surface area contributed by atoms with Crippen LogP contribution in [0.1, 0.15) is 5.01 Å². The van der Waals surface area contributed by atoms with E-state index in [1.165, 1.54) is 0 Å². The second-order valence-electron chi connectivity index (χ2n) is 1.72. The first-order valence-electron chi connectivity index (χ1n) is 2.96. The van der Waals surface area contributed by atoms with Crippen LogP contribution in [0.15, 0.2) is 4.34 Å². The number of aromatic nitrogens is 2. The summed E-state index contributed by atoms with van der Waals surface area (Å²) >= 11 is 3.27. The highest BCUT2D eigenvalue weighted by Crippen LogP contribution is 2.20. The summed E-state index contributed by atoms with van der Waals surface area (Å²) in [4.78, 5) is 0. The minimum atomic E-state index is 0. The SMILES string of the molecule is Cc1nnc(SCCN)s1.Cl.Cl. The third-order valence-electron chi connectivity index (χ3n) is 0.851. The van der Waals surface area contributed by atoms with Gasteiger partial charge in [-0.25, -0.2) is 0 Å². The fourth-order valence-electron chi connectivity index (χ4n) is 0.483. The zero-order chi connectivity index (χ0) is 7.40. The molecule has 1 aromatic rings. The maximum Gasteiger partial charge on any atom is 0.174 e. The van der Waals surface area contributed by atoms with E-state index >= 15 is 0 Å². The molecule has 0 saturated carbocycles. The van der Waals surface area contributed by atoms with Crippen molar-refractivity contribution in [3.8, 4) is 0 Å². The van der Waals surface area contributed by atoms with Crippen molar-refractivity contribution in [2.45, 2.75) is 11.3 Å². The number of thioether (sulfide) groups is 1. The summed E-state index contributed by atoms with van der Waals surface area (Å²) in [6, 6.07) is 0. The average Bonchev–Trinajstić information content (AvgIpc) is 2.31. The number of nitrogens with two attached hydrogens (primary N) is 1. The van der Waals surface area contributed by atoms with Gasteiger partial charge in [0.2, 0.25) is 0 Å². The van der Waals surface area contributed by atoms with Crippen LogP contribution in [0.5, 0.6) is 0 Å². The largest absolute Gasteiger partial charge is 0.330 e. The molecule has 1 aromatic heterocycles. The van der Waals surface area contributed by atoms with Crippen LogP contribution < -0.4 is 5.73 Å². The zero-order valence-electron chi connectivity index (χ0n) is 6.52. The first-order chi connectivity index (χ1) is 4.83. The molecule has 0 aliphatic heterocycles. The number of hydrogen-bond acceptors (Lipinski definition) is 5. The molecule has 0 amide bonds. The minimum absolute atomic E-state index is 0. The number of rotatable bonds is 3. The Kier molecular flexibility index (Phi) is 10.0. The zero-order valence-corrected chi connectivity index (χ0v) is 9.78. The van der Waals surface area contributed by atoms with Gasteiger partial charge in [-0.1, -0.05) is 23.1 Å². The van der Waals surface area contributed by atoms with E-state index in [4.69, 9.17) is 5.73 Å². The minimum Gasteiger partial charge on any atom is -0.330 e. The Labute approximate surface area is 92.3 Å². The van der Waals surface area contributed by atoms with E-state index in [2.05, 4.69) is 10.2 Å². The van der Waals surface area contributed by atoms with Gasteiger partial charge in [-0.3, -0.25) is 0 Å². The molecule has 1 rings (SSSR count). The van der Waals surface area contributed by atoms with E-state index in [0.717, 1.165) is 15.1 Å². The summed E-state index contributed by atoms with van der Waals surface area (Å²) in [6.45, 7) is 2.65. The maximum absolute atomic E-state index is 5.32. The Bertz CT molecular complexity index is 206. The highest BCUT2D eigenvalue weighted by molar-refractivity contribution is 8.01. The first-order valence-corrected chi connectivity index (χ1v) is 4.76. The molecule has 0 radical (unpaired) electrons. The number of halogens is 2. The van der Waals surface area contributed by atoms with Crippen molar-refractivity contribution < 1.29 is 0 Å². The van der Waals surface area contributed by atoms with Crippen LogP contribution in [0, 0.1) is 6.92 Å². The molecule has 0 spiro atoms. The smallest absolute Gasteiger partial charge is 0.174 e. The second kappa shape index (κ2) is 8.07. The van der Waals surface area contributed by atoms with Crippen LogP contribution in [-0.4, -0.2) is 22.5 Å². The highest BCUT2D eigenvalue weighted by atomic mass is 35.5. The van der Waals surface area contributed by atoms with Crippen molar-refractivity contribution in [2.75, 3.05) is 12.3 Å². The predicted octanol–water partition coefficient (Wildman–Crippen LogP) is 1.74. The van der Waals surface area contributed by atoms with Crippen molar-refractivity contribution in [1.29, 1.82) is 0 Å². The molecule has 72 valence electrons. The molecule has 0 atom stereocenters. The van der Waals surface area contributed by atoms with E-state index in [1.54, 1.807) is 23.1 Å². The number of aryl methyl sites for hydroxylation is 1. The van der Waals surface area contributed by atoms with Gasteiger partial charge in [0.15, 0.2) is 4.34 Å². The summed E-state index contributed by atoms with van der Waals surface area (Å²) in [5.74, 6) is 0.925. The van der Waals surface area contributed by atoms with Gasteiger partial charge < -0.3 is 5.73 Å². The lowest BCUT2D eigenvalue weighted by Crippen LogP contribution is -2.00. The van der Waals surface area contributed by atoms with Crippen LogP contribution in [0.2, 0.25) is 0 Å². The number of hydrogen-bond donors (Lipinski definition) is 1. The summed E-state index contributed by atoms with van der Waals surface area (Å²) in [5, 5.41) is 8.82. The molecule has 0 aliphatic carbocycles. The lowest BCUT2D eigenvalue weighted by molar-refractivity contribution is 0.982. The van der Waals surface area contributed by atoms with Crippen LogP contribution in [0.3, 0.4) is 0 Å². The van der Waals surface area contributed by atoms with Gasteiger partial charge in [0.05, 0.1) is 0 Å². The van der Waals surface area contributed by atoms with Crippen LogP contribution in [0.25, 0.3) is 0 Å². The molecular formula is C5H11Cl2N3S2. The second-order valence-corrected chi connectivity index (χ2v) is 4.25. The van der Waals surface area contributed by atoms with E-state index in [9.17, 15) is 0 Å². The summed E-state index contributed by atoms with van der Waals surface area (Å²) < 4.78 is 1.02. The van der Waals surface area contributed by atoms with Crippen molar-refractivity contribution >= 4 is 47.9 Å². The van der Waals surface area contributed by atoms with Crippen molar-refractivity contribution in [1.82, 2.24) is 10.2 Å². The summed E-state index contributed by atoms with van der Waals surface area (Å²) in [5.41, 5.74) is 5.32. The van der Waals surface area contributed by atoms with Crippen molar-refractivity contribution in [2.24, 2.45) is 5.73 Å². The van der Waals surface area contributed by atoms with Crippen LogP contribution in [-0.2, 0) is 0 Å². The standard InChI is InChI=1S/C5H9N3S2.2ClH/c1-4-7-8-5(10-4)9-3-2-6;;/h2-3,6H2,1H3;2*1H. The van der Waals surface area contributed by atoms with Gasteiger partial charge >= 0.3 is 0 Å². The topological polar surface area (TPSA) is 51.8 Å². The van der Waals surface area contributed by atoms with E-state index < -0.39 is 0 Å². The van der Waals surface area contributed by atoms with E-state index in [1.807, 2.05) is 6.92 Å². The predicted molar refractivity (Wildman–Crippen MR) is 58.9 cm³/mol. The normalized spacial score (nSPS) is 8.50. The number of nitrogens with zero attached hydrogens (tertiary/aromatic N) is 2. The van der Waals surface area contributed by atoms with Gasteiger partial charge in [-0.2, -0.15) is 0 Å². The van der Waals surface area contributed by atoms with Crippen molar-refractivity contribution in [3.63, 3.8) is 0 Å². The van der Waals surface area contributed by atoms with Gasteiger partial charge in [0, 0.05) is 12.3 Å². The summed E-state index contributed by atoms with van der Waals surface area (Å²) in [6.07, 6.45) is 0. The van der Waals surface area contributed by atoms with Crippen molar-refractivity contribution in [3.05, 3.63) is 5.01 Å². The van der Waals surface area contributed by atoms with Gasteiger partial charge in [0.1, 0.15) is 5.01 Å². The fraction of sp³-hybridized carbons (Fsp3) is 0.600. The third kappa shape index (κ3) is 5.16. The molecular weight excluding hydrogens is 237 g/mol. The fourth-order valence-corrected chi connectivity index (χ4v) is 2.14. The Morgan fingerprint density at radius 1 is 1.42 bits per heavy atom. The molecule has 0 aromatic carbocycles. The van der Waals surface area contributed by atoms with Crippen LogP contribution >= 0.6 is 47.9 Å². The van der Waals surface area contributed by atoms with Gasteiger partial charge in [-0.05, 0) is 6.92 Å². The average molecular weight is 248 g/mol. The first kappa shape index (κ1) is 14.9. The Morgan fingerprint density at radius 3 is 2.50 bits per heavy atom. The summed E-state index contributed by atoms with van der Waals surface area (Å²) in [7, 11) is 0. The molecule has 0 aliphatic rings. The monoisotopic (exact) mass is 247 g/mol. The molecule has 3 nitrogen and oxygen atoms in total. The molecule has 12 heavy (non-hydrogen) atoms. The molecule has 7 heteroatoms. The Balaban J connectivity index is 0. The quantitative estimate of drug-likeness (QED) is 0.828. The van der Waals surface area contributed by atoms with Gasteiger partial charge in [0.25, 0.3) is 0 Å². The molecule has 0 bridgehead atoms. The lowest BCUT2D eigenvalue weighted by atomic mass is 10.8.